The van der Waals surface area contributed by atoms with Crippen molar-refractivity contribution in [2.24, 2.45) is 35.5 Å². The molecule has 0 amide bonds. The second-order valence-corrected chi connectivity index (χ2v) is 26.5. The Morgan fingerprint density at radius 2 is 0.800 bits per heavy atom. The van der Waals surface area contributed by atoms with Gasteiger partial charge in [0.2, 0.25) is 0 Å². The third kappa shape index (κ3) is 15.8. The normalized spacial score (nSPS) is 22.1. The topological polar surface area (TPSA) is 239 Å². The van der Waals surface area contributed by atoms with E-state index in [0.29, 0.717) is 60.4 Å². The SMILES string of the molecule is CCc1cc(C(=O)O)c(=O)[nH]c1-c1ccc(N2C[C@H]3CC[C@@H](N(C)C)[C@H]3C2)cc1.CCc1cc(C(=O)O)c(=O)[nH]c1-c1ccc(N2C[C@H]3CC[C@@H](N(C)Cc4ccccc4)[C@H]3C2)cc1.CCc1cc(C(=O)O)c(=O)[nH]c1-c1ccc(N2C[C@H]3CC[C@@H](NC)[C@H]3C2)cc1.Cl.Cl.Cl. The monoisotopic (exact) mass is 1360 g/mol. The number of carboxylic acids is 3. The van der Waals surface area contributed by atoms with Gasteiger partial charge < -0.3 is 55.2 Å². The molecule has 0 spiro atoms. The highest BCUT2D eigenvalue weighted by Crippen LogP contribution is 2.45. The van der Waals surface area contributed by atoms with E-state index < -0.39 is 34.6 Å². The highest BCUT2D eigenvalue weighted by atomic mass is 35.5. The number of hydrogen-bond acceptors (Lipinski definition) is 12. The Balaban J connectivity index is 0.000000181. The zero-order valence-electron chi connectivity index (χ0n) is 55.3. The van der Waals surface area contributed by atoms with Gasteiger partial charge in [-0.3, -0.25) is 19.3 Å². The van der Waals surface area contributed by atoms with Crippen molar-refractivity contribution in [3.63, 3.8) is 0 Å². The summed E-state index contributed by atoms with van der Waals surface area (Å²) < 4.78 is 0. The van der Waals surface area contributed by atoms with E-state index in [4.69, 9.17) is 0 Å². The molecular weight excluding hydrogens is 1270 g/mol. The summed E-state index contributed by atoms with van der Waals surface area (Å²) in [5.41, 5.74) is 10.0. The number of hydrogen-bond donors (Lipinski definition) is 7. The number of aromatic amines is 3. The first-order valence-electron chi connectivity index (χ1n) is 33.0. The van der Waals surface area contributed by atoms with Gasteiger partial charge in [-0.2, -0.15) is 0 Å². The predicted molar refractivity (Wildman–Crippen MR) is 386 cm³/mol. The number of pyridine rings is 3. The minimum absolute atomic E-state index is 0. The van der Waals surface area contributed by atoms with Gasteiger partial charge in [-0.05, 0) is 215 Å². The van der Waals surface area contributed by atoms with Crippen LogP contribution >= 0.6 is 37.2 Å². The number of carbonyl (C=O) groups is 3. The van der Waals surface area contributed by atoms with Crippen molar-refractivity contribution in [2.75, 3.05) is 82.2 Å². The van der Waals surface area contributed by atoms with Gasteiger partial charge in [0.25, 0.3) is 16.7 Å². The van der Waals surface area contributed by atoms with Gasteiger partial charge in [0.15, 0.2) is 0 Å². The third-order valence-corrected chi connectivity index (χ3v) is 21.1. The van der Waals surface area contributed by atoms with Crippen LogP contribution in [0.3, 0.4) is 0 Å². The van der Waals surface area contributed by atoms with Crippen molar-refractivity contribution >= 4 is 72.2 Å². The van der Waals surface area contributed by atoms with E-state index in [1.165, 1.54) is 79.3 Å². The highest BCUT2D eigenvalue weighted by Gasteiger charge is 2.46. The molecule has 6 heterocycles. The van der Waals surface area contributed by atoms with E-state index in [0.717, 1.165) is 109 Å². The van der Waals surface area contributed by atoms with Crippen LogP contribution < -0.4 is 36.7 Å². The molecular formula is C74H92Cl3N9O9. The van der Waals surface area contributed by atoms with Gasteiger partial charge in [0, 0.05) is 81.0 Å². The molecule has 3 aromatic heterocycles. The lowest BCUT2D eigenvalue weighted by molar-refractivity contribution is 0.0684. The van der Waals surface area contributed by atoms with Crippen molar-refractivity contribution in [3.8, 4) is 33.8 Å². The van der Waals surface area contributed by atoms with Crippen LogP contribution in [0.5, 0.6) is 0 Å². The predicted octanol–water partition coefficient (Wildman–Crippen LogP) is 11.7. The Morgan fingerprint density at radius 3 is 1.15 bits per heavy atom. The van der Waals surface area contributed by atoms with Gasteiger partial charge in [-0.25, -0.2) is 14.4 Å². The Labute approximate surface area is 574 Å². The van der Waals surface area contributed by atoms with Crippen LogP contribution in [0.25, 0.3) is 33.8 Å². The molecule has 0 bridgehead atoms. The number of nitrogens with one attached hydrogen (secondary N) is 4. The molecule has 13 rings (SSSR count). The molecule has 4 aromatic carbocycles. The van der Waals surface area contributed by atoms with Crippen molar-refractivity contribution in [2.45, 2.75) is 103 Å². The Hall–Kier alpha value is -7.71. The number of carboxylic acid groups (broad SMARTS) is 3. The average molecular weight is 1360 g/mol. The summed E-state index contributed by atoms with van der Waals surface area (Å²) in [6.45, 7) is 13.4. The van der Waals surface area contributed by atoms with Crippen LogP contribution in [0, 0.1) is 35.5 Å². The van der Waals surface area contributed by atoms with Gasteiger partial charge in [-0.15, -0.1) is 37.2 Å². The molecule has 3 aliphatic carbocycles. The summed E-state index contributed by atoms with van der Waals surface area (Å²) in [5, 5.41) is 31.1. The van der Waals surface area contributed by atoms with Crippen LogP contribution in [-0.2, 0) is 25.8 Å². The smallest absolute Gasteiger partial charge is 0.341 e. The molecule has 3 saturated heterocycles. The molecule has 21 heteroatoms. The standard InChI is InChI=1S/C29H33N3O3.C23H29N3O3.C22H27N3O3.3ClH/c1-3-20-15-24(29(34)35)28(33)30-27(20)21-9-12-23(13-10-21)32-17-22-11-14-26(25(22)18-32)31(2)16-19-7-5-4-6-8-19;1-4-14-11-18(23(28)29)22(27)24-21(14)15-5-8-17(9-6-15)26-12-16-7-10-20(25(2)3)19(16)13-26;1-3-13-10-17(22(27)28)21(26)24-20(13)14-4-7-16(8-5-14)25-11-15-6-9-19(23-2)18(15)12-25;;;/h4-10,12-13,15,22,25-26H,3,11,14,16-18H2,1-2H3,(H,30,33)(H,34,35);5-6,8-9,11,16,19-20H,4,7,10,12-13H2,1-3H3,(H,24,27)(H,28,29);4-5,7-8,10,15,18-19,23H,3,6,9,11-12H2,1-2H3,(H,24,26)(H,27,28);3*1H/t22-,25+,26-;16-,19+,20-;15-,18+,19-;;;/m111.../s1. The first-order chi connectivity index (χ1) is 44.3. The Morgan fingerprint density at radius 1 is 0.463 bits per heavy atom. The van der Waals surface area contributed by atoms with Gasteiger partial charge in [-0.1, -0.05) is 87.5 Å². The molecule has 95 heavy (non-hydrogen) atoms. The lowest BCUT2D eigenvalue weighted by atomic mass is 9.97. The average Bonchev–Trinajstić information content (AvgIpc) is 1.77. The van der Waals surface area contributed by atoms with E-state index in [1.54, 1.807) is 0 Å². The molecule has 508 valence electrons. The second-order valence-electron chi connectivity index (χ2n) is 26.5. The number of aromatic nitrogens is 3. The summed E-state index contributed by atoms with van der Waals surface area (Å²) >= 11 is 0. The molecule has 0 radical (unpaired) electrons. The summed E-state index contributed by atoms with van der Waals surface area (Å²) in [6.07, 6.45) is 9.66. The first kappa shape index (κ1) is 73.1. The second kappa shape index (κ2) is 31.9. The van der Waals surface area contributed by atoms with Gasteiger partial charge >= 0.3 is 17.9 Å². The summed E-state index contributed by atoms with van der Waals surface area (Å²) in [7, 11) is 8.70. The van der Waals surface area contributed by atoms with Crippen LogP contribution in [0.15, 0.2) is 136 Å². The zero-order chi connectivity index (χ0) is 65.1. The van der Waals surface area contributed by atoms with Crippen molar-refractivity contribution in [3.05, 3.63) is 191 Å². The number of benzene rings is 4. The maximum Gasteiger partial charge on any atom is 0.341 e. The number of H-pyrrole nitrogens is 3. The van der Waals surface area contributed by atoms with Gasteiger partial charge in [0.1, 0.15) is 16.7 Å². The lowest BCUT2D eigenvalue weighted by Gasteiger charge is -2.30. The maximum atomic E-state index is 12.3. The number of rotatable bonds is 17. The molecule has 6 aliphatic rings. The number of aromatic carboxylic acids is 3. The molecule has 18 nitrogen and oxygen atoms in total. The minimum atomic E-state index is -1.20. The number of nitrogens with zero attached hydrogens (tertiary/aromatic N) is 5. The van der Waals surface area contributed by atoms with Crippen LogP contribution in [0.4, 0.5) is 17.1 Å². The van der Waals surface area contributed by atoms with Crippen molar-refractivity contribution in [1.29, 1.82) is 0 Å². The Bertz CT molecular complexity index is 3980. The fourth-order valence-electron chi connectivity index (χ4n) is 16.2. The van der Waals surface area contributed by atoms with Crippen LogP contribution in [-0.4, -0.2) is 144 Å². The summed E-state index contributed by atoms with van der Waals surface area (Å²) in [6, 6.07) is 41.9. The van der Waals surface area contributed by atoms with Crippen molar-refractivity contribution in [1.82, 2.24) is 30.1 Å². The van der Waals surface area contributed by atoms with E-state index in [-0.39, 0.29) is 53.9 Å². The molecule has 7 N–H and O–H groups in total. The number of fused-ring (bicyclic) bond motifs is 3. The number of anilines is 3. The highest BCUT2D eigenvalue weighted by molar-refractivity contribution is 5.89. The molecule has 9 atom stereocenters. The number of aryl methyl sites for hydroxylation is 3. The third-order valence-electron chi connectivity index (χ3n) is 21.1. The van der Waals surface area contributed by atoms with E-state index in [2.05, 4.69) is 140 Å². The first-order valence-corrected chi connectivity index (χ1v) is 33.0. The van der Waals surface area contributed by atoms with Crippen molar-refractivity contribution < 1.29 is 29.7 Å². The van der Waals surface area contributed by atoms with Gasteiger partial charge in [0.05, 0.1) is 17.1 Å². The molecule has 7 aromatic rings. The lowest BCUT2D eigenvalue weighted by Crippen LogP contribution is -2.37. The number of halogens is 3. The quantitative estimate of drug-likeness (QED) is 0.0449. The molecule has 3 aliphatic heterocycles. The maximum absolute atomic E-state index is 12.3. The fourth-order valence-corrected chi connectivity index (χ4v) is 16.2. The summed E-state index contributed by atoms with van der Waals surface area (Å²) in [5.74, 6) is 0.801. The Kier molecular flexibility index (Phi) is 24.5. The largest absolute Gasteiger partial charge is 0.477 e. The van der Waals surface area contributed by atoms with Crippen LogP contribution in [0.2, 0.25) is 0 Å². The van der Waals surface area contributed by atoms with E-state index in [1.807, 2.05) is 57.2 Å². The molecule has 6 fully saturated rings. The minimum Gasteiger partial charge on any atom is -0.477 e. The summed E-state index contributed by atoms with van der Waals surface area (Å²) in [4.78, 5) is 91.0. The molecule has 3 saturated carbocycles. The van der Waals surface area contributed by atoms with E-state index in [9.17, 15) is 44.1 Å². The van der Waals surface area contributed by atoms with E-state index >= 15 is 0 Å². The zero-order valence-corrected chi connectivity index (χ0v) is 57.8. The fraction of sp³-hybridized carbons (Fsp3) is 0.432. The molecule has 0 unspecified atom stereocenters. The van der Waals surface area contributed by atoms with Crippen LogP contribution in [0.1, 0.15) is 113 Å².